The highest BCUT2D eigenvalue weighted by Gasteiger charge is 2.16. The normalized spacial score (nSPS) is 11.8. The maximum Gasteiger partial charge on any atom is 0.238 e. The molecule has 0 aliphatic carbocycles. The van der Waals surface area contributed by atoms with E-state index in [0.717, 1.165) is 4.90 Å². The Morgan fingerprint density at radius 2 is 1.70 bits per heavy atom. The number of fused-ring (bicyclic) bond motifs is 1. The number of benzene rings is 3. The number of nitrogens with zero attached hydrogens (tertiary/aromatic N) is 2. The zero-order valence-corrected chi connectivity index (χ0v) is 17.6. The van der Waals surface area contributed by atoms with Crippen LogP contribution in [0.4, 0.5) is 0 Å². The van der Waals surface area contributed by atoms with Gasteiger partial charge in [-0.2, -0.15) is 0 Å². The number of carbonyl (C=O) groups excluding carboxylic acids is 1. The lowest BCUT2D eigenvalue weighted by molar-refractivity contribution is -0.116. The average molecular weight is 437 g/mol. The molecule has 1 atom stereocenters. The van der Waals surface area contributed by atoms with Crippen molar-refractivity contribution < 1.29 is 14.3 Å². The van der Waals surface area contributed by atoms with Crippen molar-refractivity contribution in [1.82, 2.24) is 9.97 Å². The van der Waals surface area contributed by atoms with E-state index >= 15 is 0 Å². The molecule has 0 amide bonds. The second kappa shape index (κ2) is 9.15. The molecule has 5 nitrogen and oxygen atoms in total. The zero-order valence-electron chi connectivity index (χ0n) is 16.0. The standard InChI is InChI=1S/C23H17ClN2O3S/c1-15(23(27)30-19-5-3-2-4-6-19)28-17-8-10-18(11-9-17)29-22-14-25-21-13-16(24)7-12-20(21)26-22/h2-15H,1H3. The van der Waals surface area contributed by atoms with Gasteiger partial charge in [0.25, 0.3) is 0 Å². The number of ether oxygens (including phenoxy) is 2. The van der Waals surface area contributed by atoms with Crippen LogP contribution in [0, 0.1) is 0 Å². The lowest BCUT2D eigenvalue weighted by atomic mass is 10.3. The van der Waals surface area contributed by atoms with Gasteiger partial charge in [-0.25, -0.2) is 9.97 Å². The molecule has 1 unspecified atom stereocenters. The van der Waals surface area contributed by atoms with E-state index in [-0.39, 0.29) is 5.12 Å². The SMILES string of the molecule is CC(Oc1ccc(Oc2cnc3cc(Cl)ccc3n2)cc1)C(=O)Sc1ccccc1. The quantitative estimate of drug-likeness (QED) is 0.337. The Balaban J connectivity index is 1.38. The third-order valence-electron chi connectivity index (χ3n) is 4.13. The van der Waals surface area contributed by atoms with Crippen LogP contribution < -0.4 is 9.47 Å². The minimum Gasteiger partial charge on any atom is -0.482 e. The van der Waals surface area contributed by atoms with Gasteiger partial charge in [0.1, 0.15) is 11.5 Å². The first-order valence-electron chi connectivity index (χ1n) is 9.20. The number of halogens is 1. The van der Waals surface area contributed by atoms with Gasteiger partial charge in [-0.15, -0.1) is 0 Å². The predicted octanol–water partition coefficient (Wildman–Crippen LogP) is 6.16. The third-order valence-corrected chi connectivity index (χ3v) is 5.41. The summed E-state index contributed by atoms with van der Waals surface area (Å²) >= 11 is 7.13. The van der Waals surface area contributed by atoms with Crippen molar-refractivity contribution in [3.63, 3.8) is 0 Å². The van der Waals surface area contributed by atoms with Crippen molar-refractivity contribution in [2.24, 2.45) is 0 Å². The molecule has 0 bridgehead atoms. The van der Waals surface area contributed by atoms with Crippen LogP contribution in [0.25, 0.3) is 11.0 Å². The van der Waals surface area contributed by atoms with Crippen molar-refractivity contribution in [2.75, 3.05) is 0 Å². The van der Waals surface area contributed by atoms with Gasteiger partial charge >= 0.3 is 0 Å². The summed E-state index contributed by atoms with van der Waals surface area (Å²) in [5.41, 5.74) is 1.39. The highest BCUT2D eigenvalue weighted by Crippen LogP contribution is 2.26. The van der Waals surface area contributed by atoms with Gasteiger partial charge in [-0.1, -0.05) is 29.8 Å². The number of hydrogen-bond donors (Lipinski definition) is 0. The molecule has 0 saturated carbocycles. The summed E-state index contributed by atoms with van der Waals surface area (Å²) in [5.74, 6) is 1.54. The smallest absolute Gasteiger partial charge is 0.238 e. The summed E-state index contributed by atoms with van der Waals surface area (Å²) in [6.07, 6.45) is 0.963. The number of carbonyl (C=O) groups is 1. The highest BCUT2D eigenvalue weighted by atomic mass is 35.5. The lowest BCUT2D eigenvalue weighted by Gasteiger charge is -2.13. The van der Waals surface area contributed by atoms with Crippen LogP contribution in [0.2, 0.25) is 5.02 Å². The first-order valence-corrected chi connectivity index (χ1v) is 10.4. The Morgan fingerprint density at radius 1 is 0.967 bits per heavy atom. The van der Waals surface area contributed by atoms with Crippen LogP contribution in [-0.2, 0) is 4.79 Å². The van der Waals surface area contributed by atoms with Gasteiger partial charge in [0.05, 0.1) is 17.2 Å². The number of rotatable bonds is 6. The van der Waals surface area contributed by atoms with Gasteiger partial charge in [-0.3, -0.25) is 4.79 Å². The molecule has 150 valence electrons. The Labute approximate surface area is 183 Å². The van der Waals surface area contributed by atoms with Crippen molar-refractivity contribution in [1.29, 1.82) is 0 Å². The molecule has 0 aliphatic heterocycles. The molecule has 1 heterocycles. The van der Waals surface area contributed by atoms with E-state index in [4.69, 9.17) is 21.1 Å². The molecule has 0 aliphatic rings. The molecule has 3 aromatic carbocycles. The molecule has 0 radical (unpaired) electrons. The summed E-state index contributed by atoms with van der Waals surface area (Å²) in [6.45, 7) is 1.74. The first-order chi connectivity index (χ1) is 14.6. The first kappa shape index (κ1) is 20.2. The molecular weight excluding hydrogens is 420 g/mol. The van der Waals surface area contributed by atoms with Gasteiger partial charge in [0.15, 0.2) is 6.10 Å². The van der Waals surface area contributed by atoms with Gasteiger partial charge in [0, 0.05) is 9.92 Å². The second-order valence-corrected chi connectivity index (χ2v) is 7.92. The fourth-order valence-corrected chi connectivity index (χ4v) is 3.57. The van der Waals surface area contributed by atoms with E-state index in [1.807, 2.05) is 30.3 Å². The van der Waals surface area contributed by atoms with Crippen LogP contribution in [-0.4, -0.2) is 21.2 Å². The molecule has 4 rings (SSSR count). The minimum absolute atomic E-state index is 0.0620. The van der Waals surface area contributed by atoms with E-state index in [9.17, 15) is 4.79 Å². The molecule has 1 aromatic heterocycles. The summed E-state index contributed by atoms with van der Waals surface area (Å²) in [4.78, 5) is 22.0. The molecule has 0 N–H and O–H groups in total. The van der Waals surface area contributed by atoms with Gasteiger partial charge in [0.2, 0.25) is 11.0 Å². The van der Waals surface area contributed by atoms with Crippen molar-refractivity contribution in [2.45, 2.75) is 17.9 Å². The molecule has 0 spiro atoms. The van der Waals surface area contributed by atoms with Crippen LogP contribution >= 0.6 is 23.4 Å². The lowest BCUT2D eigenvalue weighted by Crippen LogP contribution is -2.20. The second-order valence-electron chi connectivity index (χ2n) is 6.41. The minimum atomic E-state index is -0.583. The number of aromatic nitrogens is 2. The van der Waals surface area contributed by atoms with Crippen molar-refractivity contribution in [3.05, 3.63) is 84.0 Å². The highest BCUT2D eigenvalue weighted by molar-refractivity contribution is 8.13. The van der Waals surface area contributed by atoms with E-state index in [0.29, 0.717) is 33.4 Å². The zero-order chi connectivity index (χ0) is 20.9. The topological polar surface area (TPSA) is 61.3 Å². The van der Waals surface area contributed by atoms with Crippen molar-refractivity contribution in [3.8, 4) is 17.4 Å². The summed E-state index contributed by atoms with van der Waals surface area (Å²) < 4.78 is 11.5. The fourth-order valence-electron chi connectivity index (χ4n) is 2.66. The van der Waals surface area contributed by atoms with Gasteiger partial charge < -0.3 is 9.47 Å². The summed E-state index contributed by atoms with van der Waals surface area (Å²) in [5, 5.41) is 0.545. The molecule has 0 fully saturated rings. The van der Waals surface area contributed by atoms with E-state index in [1.54, 1.807) is 55.6 Å². The summed E-state index contributed by atoms with van der Waals surface area (Å²) in [7, 11) is 0. The number of hydrogen-bond acceptors (Lipinski definition) is 6. The molecular formula is C23H17ClN2O3S. The maximum absolute atomic E-state index is 12.3. The Kier molecular flexibility index (Phi) is 6.16. The predicted molar refractivity (Wildman–Crippen MR) is 118 cm³/mol. The molecule has 7 heteroatoms. The molecule has 0 saturated heterocycles. The molecule has 4 aromatic rings. The van der Waals surface area contributed by atoms with Crippen LogP contribution in [0.3, 0.4) is 0 Å². The monoisotopic (exact) mass is 436 g/mol. The Morgan fingerprint density at radius 3 is 2.47 bits per heavy atom. The van der Waals surface area contributed by atoms with E-state index in [1.165, 1.54) is 11.8 Å². The van der Waals surface area contributed by atoms with E-state index < -0.39 is 6.10 Å². The maximum atomic E-state index is 12.3. The largest absolute Gasteiger partial charge is 0.482 e. The fraction of sp³-hybridized carbons (Fsp3) is 0.0870. The van der Waals surface area contributed by atoms with Crippen LogP contribution in [0.15, 0.2) is 83.9 Å². The summed E-state index contributed by atoms with van der Waals surface area (Å²) in [6, 6.07) is 21.8. The number of thioether (sulfide) groups is 1. The van der Waals surface area contributed by atoms with Crippen LogP contribution in [0.1, 0.15) is 6.92 Å². The van der Waals surface area contributed by atoms with Crippen molar-refractivity contribution >= 4 is 39.5 Å². The average Bonchev–Trinajstić information content (AvgIpc) is 2.76. The molecule has 30 heavy (non-hydrogen) atoms. The van der Waals surface area contributed by atoms with Crippen LogP contribution in [0.5, 0.6) is 17.4 Å². The Bertz CT molecular complexity index is 1170. The third kappa shape index (κ3) is 5.09. The Hall–Kier alpha value is -3.09. The van der Waals surface area contributed by atoms with Gasteiger partial charge in [-0.05, 0) is 73.3 Å². The van der Waals surface area contributed by atoms with E-state index in [2.05, 4.69) is 9.97 Å².